The number of rotatable bonds is 4. The van der Waals surface area contributed by atoms with E-state index in [1.807, 2.05) is 24.4 Å². The molecule has 0 aliphatic rings. The summed E-state index contributed by atoms with van der Waals surface area (Å²) in [6.45, 7) is 6.48. The van der Waals surface area contributed by atoms with Crippen molar-refractivity contribution in [1.29, 1.82) is 0 Å². The van der Waals surface area contributed by atoms with E-state index in [1.165, 1.54) is 11.1 Å². The smallest absolute Gasteiger partial charge is 0.0657 e. The summed E-state index contributed by atoms with van der Waals surface area (Å²) in [7, 11) is 0. The molecule has 1 aromatic carbocycles. The lowest BCUT2D eigenvalue weighted by Gasteiger charge is -2.16. The summed E-state index contributed by atoms with van der Waals surface area (Å²) in [5, 5.41) is 3.49. The molecular formula is C16H20N2. The fourth-order valence-corrected chi connectivity index (χ4v) is 2.14. The number of anilines is 1. The third-order valence-electron chi connectivity index (χ3n) is 3.24. The van der Waals surface area contributed by atoms with Gasteiger partial charge in [0.1, 0.15) is 0 Å². The minimum absolute atomic E-state index is 0.220. The lowest BCUT2D eigenvalue weighted by atomic mass is 10.1. The van der Waals surface area contributed by atoms with Gasteiger partial charge in [-0.15, -0.1) is 0 Å². The number of benzene rings is 1. The Bertz CT molecular complexity index is 506. The monoisotopic (exact) mass is 240 g/mol. The van der Waals surface area contributed by atoms with Crippen molar-refractivity contribution in [2.45, 2.75) is 33.2 Å². The number of aryl methyl sites for hydroxylation is 2. The highest BCUT2D eigenvalue weighted by molar-refractivity contribution is 5.49. The third-order valence-corrected chi connectivity index (χ3v) is 3.24. The number of nitrogens with one attached hydrogen (secondary N) is 1. The van der Waals surface area contributed by atoms with Crippen LogP contribution in [0.1, 0.15) is 36.7 Å². The van der Waals surface area contributed by atoms with E-state index < -0.39 is 0 Å². The second-order valence-electron chi connectivity index (χ2n) is 4.62. The van der Waals surface area contributed by atoms with E-state index in [-0.39, 0.29) is 6.04 Å². The number of hydrogen-bond acceptors (Lipinski definition) is 2. The quantitative estimate of drug-likeness (QED) is 0.869. The average Bonchev–Trinajstić information content (AvgIpc) is 2.40. The van der Waals surface area contributed by atoms with E-state index in [0.29, 0.717) is 0 Å². The van der Waals surface area contributed by atoms with Gasteiger partial charge in [-0.2, -0.15) is 0 Å². The van der Waals surface area contributed by atoms with Crippen molar-refractivity contribution < 1.29 is 0 Å². The molecule has 2 nitrogen and oxygen atoms in total. The maximum Gasteiger partial charge on any atom is 0.0657 e. The Hall–Kier alpha value is -1.83. The fraction of sp³-hybridized carbons (Fsp3) is 0.312. The predicted octanol–water partition coefficient (Wildman–Crippen LogP) is 4.13. The van der Waals surface area contributed by atoms with Gasteiger partial charge in [-0.3, -0.25) is 4.98 Å². The zero-order valence-electron chi connectivity index (χ0n) is 11.3. The maximum atomic E-state index is 4.37. The molecule has 0 aliphatic heterocycles. The molecule has 0 amide bonds. The second-order valence-corrected chi connectivity index (χ2v) is 4.62. The van der Waals surface area contributed by atoms with E-state index in [1.54, 1.807) is 0 Å². The van der Waals surface area contributed by atoms with Gasteiger partial charge in [0.25, 0.3) is 0 Å². The van der Waals surface area contributed by atoms with E-state index in [0.717, 1.165) is 17.8 Å². The zero-order chi connectivity index (χ0) is 13.0. The minimum atomic E-state index is 0.220. The molecule has 94 valence electrons. The van der Waals surface area contributed by atoms with E-state index in [9.17, 15) is 0 Å². The summed E-state index contributed by atoms with van der Waals surface area (Å²) in [6, 6.07) is 12.8. The van der Waals surface area contributed by atoms with Crippen molar-refractivity contribution in [3.05, 3.63) is 59.4 Å². The molecule has 0 saturated carbocycles. The number of pyridine rings is 1. The molecule has 0 radical (unpaired) electrons. The van der Waals surface area contributed by atoms with Crippen LogP contribution in [0.15, 0.2) is 42.6 Å². The molecule has 2 heteroatoms. The molecule has 1 heterocycles. The lowest BCUT2D eigenvalue weighted by molar-refractivity contribution is 0.839. The van der Waals surface area contributed by atoms with Gasteiger partial charge in [0, 0.05) is 11.9 Å². The van der Waals surface area contributed by atoms with Gasteiger partial charge in [0.05, 0.1) is 11.7 Å². The van der Waals surface area contributed by atoms with Crippen molar-refractivity contribution in [1.82, 2.24) is 4.98 Å². The first-order chi connectivity index (χ1) is 8.70. The first-order valence-electron chi connectivity index (χ1n) is 6.47. The summed E-state index contributed by atoms with van der Waals surface area (Å²) < 4.78 is 0. The van der Waals surface area contributed by atoms with E-state index in [4.69, 9.17) is 0 Å². The van der Waals surface area contributed by atoms with Crippen LogP contribution in [0.2, 0.25) is 0 Å². The Balaban J connectivity index is 2.12. The van der Waals surface area contributed by atoms with Gasteiger partial charge in [-0.1, -0.05) is 19.1 Å². The van der Waals surface area contributed by atoms with Crippen LogP contribution in [0, 0.1) is 6.92 Å². The molecule has 0 bridgehead atoms. The van der Waals surface area contributed by atoms with Crippen LogP contribution in [-0.2, 0) is 6.42 Å². The molecule has 0 spiro atoms. The predicted molar refractivity (Wildman–Crippen MR) is 76.8 cm³/mol. The summed E-state index contributed by atoms with van der Waals surface area (Å²) in [6.07, 6.45) is 2.92. The highest BCUT2D eigenvalue weighted by Gasteiger charge is 2.06. The summed E-state index contributed by atoms with van der Waals surface area (Å²) in [5.74, 6) is 0. The first kappa shape index (κ1) is 12.6. The molecule has 2 aromatic rings. The second kappa shape index (κ2) is 5.67. The number of hydrogen-bond donors (Lipinski definition) is 1. The van der Waals surface area contributed by atoms with Gasteiger partial charge in [-0.05, 0) is 55.7 Å². The van der Waals surface area contributed by atoms with Crippen LogP contribution in [0.25, 0.3) is 0 Å². The SMILES string of the molecule is CCc1ccc(NC(C)c2ccccn2)cc1C. The number of aromatic nitrogens is 1. The molecule has 2 rings (SSSR count). The maximum absolute atomic E-state index is 4.37. The average molecular weight is 240 g/mol. The number of nitrogens with zero attached hydrogens (tertiary/aromatic N) is 1. The Morgan fingerprint density at radius 1 is 1.22 bits per heavy atom. The molecule has 1 N–H and O–H groups in total. The van der Waals surface area contributed by atoms with Gasteiger partial charge in [0.2, 0.25) is 0 Å². The molecule has 0 aliphatic carbocycles. The molecular weight excluding hydrogens is 220 g/mol. The van der Waals surface area contributed by atoms with E-state index >= 15 is 0 Å². The largest absolute Gasteiger partial charge is 0.377 e. The van der Waals surface area contributed by atoms with Crippen molar-refractivity contribution in [2.75, 3.05) is 5.32 Å². The summed E-state index contributed by atoms with van der Waals surface area (Å²) in [5.41, 5.74) is 4.97. The minimum Gasteiger partial charge on any atom is -0.377 e. The van der Waals surface area contributed by atoms with Crippen LogP contribution >= 0.6 is 0 Å². The van der Waals surface area contributed by atoms with Crippen LogP contribution in [0.3, 0.4) is 0 Å². The van der Waals surface area contributed by atoms with Crippen molar-refractivity contribution in [3.63, 3.8) is 0 Å². The van der Waals surface area contributed by atoms with Crippen LogP contribution in [0.5, 0.6) is 0 Å². The van der Waals surface area contributed by atoms with Crippen LogP contribution in [0.4, 0.5) is 5.69 Å². The molecule has 1 aromatic heterocycles. The molecule has 1 unspecified atom stereocenters. The van der Waals surface area contributed by atoms with Gasteiger partial charge in [-0.25, -0.2) is 0 Å². The first-order valence-corrected chi connectivity index (χ1v) is 6.47. The summed E-state index contributed by atoms with van der Waals surface area (Å²) in [4.78, 5) is 4.37. The van der Waals surface area contributed by atoms with Crippen molar-refractivity contribution >= 4 is 5.69 Å². The Morgan fingerprint density at radius 2 is 2.06 bits per heavy atom. The molecule has 18 heavy (non-hydrogen) atoms. The molecule has 1 atom stereocenters. The van der Waals surface area contributed by atoms with Crippen LogP contribution < -0.4 is 5.32 Å². The highest BCUT2D eigenvalue weighted by Crippen LogP contribution is 2.20. The van der Waals surface area contributed by atoms with Gasteiger partial charge >= 0.3 is 0 Å². The molecule has 0 saturated heterocycles. The lowest BCUT2D eigenvalue weighted by Crippen LogP contribution is -2.08. The Morgan fingerprint density at radius 3 is 2.67 bits per heavy atom. The zero-order valence-corrected chi connectivity index (χ0v) is 11.3. The third kappa shape index (κ3) is 2.89. The Labute approximate surface area is 109 Å². The van der Waals surface area contributed by atoms with Crippen molar-refractivity contribution in [2.24, 2.45) is 0 Å². The van der Waals surface area contributed by atoms with Crippen molar-refractivity contribution in [3.8, 4) is 0 Å². The van der Waals surface area contributed by atoms with E-state index in [2.05, 4.69) is 49.3 Å². The Kier molecular flexibility index (Phi) is 3.98. The normalized spacial score (nSPS) is 12.2. The van der Waals surface area contributed by atoms with Gasteiger partial charge < -0.3 is 5.32 Å². The molecule has 0 fully saturated rings. The topological polar surface area (TPSA) is 24.9 Å². The van der Waals surface area contributed by atoms with Crippen LogP contribution in [-0.4, -0.2) is 4.98 Å². The fourth-order valence-electron chi connectivity index (χ4n) is 2.14. The summed E-state index contributed by atoms with van der Waals surface area (Å²) >= 11 is 0. The standard InChI is InChI=1S/C16H20N2/c1-4-14-8-9-15(11-12(14)2)18-13(3)16-7-5-6-10-17-16/h5-11,13,18H,4H2,1-3H3. The highest BCUT2D eigenvalue weighted by atomic mass is 14.9. The van der Waals surface area contributed by atoms with Gasteiger partial charge in [0.15, 0.2) is 0 Å².